The van der Waals surface area contributed by atoms with Crippen LogP contribution in [-0.4, -0.2) is 19.2 Å². The Morgan fingerprint density at radius 1 is 1.04 bits per heavy atom. The standard InChI is InChI=1S/C19H18ClNO3S/c20-17-10-4-9-16(12-17)19-21-18(13-24-19)14-25(22,23)11-5-8-15-6-2-1-3-7-15/h1-4,6-7,9-10,12-13H,5,8,11,14H2. The van der Waals surface area contributed by atoms with Crippen LogP contribution in [0.3, 0.4) is 0 Å². The van der Waals surface area contributed by atoms with Gasteiger partial charge in [0, 0.05) is 10.6 Å². The minimum absolute atomic E-state index is 0.119. The molecule has 1 heterocycles. The Balaban J connectivity index is 1.59. The van der Waals surface area contributed by atoms with Gasteiger partial charge in [-0.3, -0.25) is 0 Å². The number of hydrogen-bond donors (Lipinski definition) is 0. The minimum Gasteiger partial charge on any atom is -0.444 e. The van der Waals surface area contributed by atoms with Crippen molar-refractivity contribution >= 4 is 21.4 Å². The number of aromatic nitrogens is 1. The summed E-state index contributed by atoms with van der Waals surface area (Å²) in [5, 5.41) is 0.575. The van der Waals surface area contributed by atoms with Crippen molar-refractivity contribution in [2.24, 2.45) is 0 Å². The Morgan fingerprint density at radius 2 is 1.84 bits per heavy atom. The molecule has 0 bridgehead atoms. The third-order valence-electron chi connectivity index (χ3n) is 3.75. The SMILES string of the molecule is O=S(=O)(CCCc1ccccc1)Cc1coc(-c2cccc(Cl)c2)n1. The average Bonchev–Trinajstić information content (AvgIpc) is 3.03. The van der Waals surface area contributed by atoms with Crippen molar-refractivity contribution < 1.29 is 12.8 Å². The summed E-state index contributed by atoms with van der Waals surface area (Å²) in [6.45, 7) is 0. The first-order chi connectivity index (χ1) is 12.0. The zero-order valence-electron chi connectivity index (χ0n) is 13.6. The van der Waals surface area contributed by atoms with Gasteiger partial charge in [-0.2, -0.15) is 0 Å². The van der Waals surface area contributed by atoms with Crippen molar-refractivity contribution in [1.29, 1.82) is 0 Å². The fourth-order valence-corrected chi connectivity index (χ4v) is 4.07. The number of hydrogen-bond acceptors (Lipinski definition) is 4. The van der Waals surface area contributed by atoms with Crippen LogP contribution in [0.25, 0.3) is 11.5 Å². The number of halogens is 1. The van der Waals surface area contributed by atoms with Gasteiger partial charge >= 0.3 is 0 Å². The maximum absolute atomic E-state index is 12.3. The highest BCUT2D eigenvalue weighted by Crippen LogP contribution is 2.22. The van der Waals surface area contributed by atoms with Crippen molar-refractivity contribution in [3.8, 4) is 11.5 Å². The zero-order chi connectivity index (χ0) is 17.7. The van der Waals surface area contributed by atoms with E-state index in [2.05, 4.69) is 4.98 Å². The van der Waals surface area contributed by atoms with E-state index in [1.165, 1.54) is 6.26 Å². The first-order valence-electron chi connectivity index (χ1n) is 7.96. The molecule has 0 unspecified atom stereocenters. The van der Waals surface area contributed by atoms with Crippen LogP contribution in [0.5, 0.6) is 0 Å². The molecular formula is C19H18ClNO3S. The summed E-state index contributed by atoms with van der Waals surface area (Å²) in [6, 6.07) is 17.0. The molecule has 0 aliphatic rings. The fraction of sp³-hybridized carbons (Fsp3) is 0.211. The third kappa shape index (κ3) is 5.18. The van der Waals surface area contributed by atoms with Gasteiger partial charge in [0.25, 0.3) is 0 Å². The number of sulfone groups is 1. The molecule has 0 saturated carbocycles. The lowest BCUT2D eigenvalue weighted by Gasteiger charge is -2.03. The van der Waals surface area contributed by atoms with Crippen LogP contribution < -0.4 is 0 Å². The zero-order valence-corrected chi connectivity index (χ0v) is 15.1. The molecular weight excluding hydrogens is 358 g/mol. The summed E-state index contributed by atoms with van der Waals surface area (Å²) < 4.78 is 30.0. The van der Waals surface area contributed by atoms with E-state index in [9.17, 15) is 8.42 Å². The molecule has 0 atom stereocenters. The third-order valence-corrected chi connectivity index (χ3v) is 5.64. The summed E-state index contributed by atoms with van der Waals surface area (Å²) in [7, 11) is -3.23. The Morgan fingerprint density at radius 3 is 2.60 bits per heavy atom. The van der Waals surface area contributed by atoms with E-state index in [4.69, 9.17) is 16.0 Å². The van der Waals surface area contributed by atoms with Crippen LogP contribution in [0, 0.1) is 0 Å². The highest BCUT2D eigenvalue weighted by molar-refractivity contribution is 7.90. The lowest BCUT2D eigenvalue weighted by Crippen LogP contribution is -2.10. The summed E-state index contributed by atoms with van der Waals surface area (Å²) in [5.74, 6) is 0.379. The minimum atomic E-state index is -3.23. The highest BCUT2D eigenvalue weighted by Gasteiger charge is 2.16. The molecule has 0 radical (unpaired) electrons. The van der Waals surface area contributed by atoms with Crippen molar-refractivity contribution in [2.45, 2.75) is 18.6 Å². The van der Waals surface area contributed by atoms with E-state index in [0.29, 0.717) is 23.0 Å². The first-order valence-corrected chi connectivity index (χ1v) is 10.2. The average molecular weight is 376 g/mol. The van der Waals surface area contributed by atoms with Gasteiger partial charge in [0.2, 0.25) is 5.89 Å². The Kier molecular flexibility index (Phi) is 5.56. The van der Waals surface area contributed by atoms with Crippen LogP contribution >= 0.6 is 11.6 Å². The second-order valence-electron chi connectivity index (χ2n) is 5.84. The van der Waals surface area contributed by atoms with E-state index in [1.807, 2.05) is 36.4 Å². The predicted molar refractivity (Wildman–Crippen MR) is 99.2 cm³/mol. The van der Waals surface area contributed by atoms with Crippen molar-refractivity contribution in [1.82, 2.24) is 4.98 Å². The molecule has 6 heteroatoms. The molecule has 25 heavy (non-hydrogen) atoms. The molecule has 0 saturated heterocycles. The summed E-state index contributed by atoms with van der Waals surface area (Å²) in [5.41, 5.74) is 2.28. The summed E-state index contributed by atoms with van der Waals surface area (Å²) >= 11 is 5.95. The molecule has 3 aromatic rings. The first kappa shape index (κ1) is 17.7. The van der Waals surface area contributed by atoms with E-state index in [-0.39, 0.29) is 11.5 Å². The summed E-state index contributed by atoms with van der Waals surface area (Å²) in [4.78, 5) is 4.27. The van der Waals surface area contributed by atoms with E-state index in [1.54, 1.807) is 18.2 Å². The van der Waals surface area contributed by atoms with E-state index >= 15 is 0 Å². The van der Waals surface area contributed by atoms with Crippen LogP contribution in [0.15, 0.2) is 65.3 Å². The van der Waals surface area contributed by atoms with Gasteiger partial charge in [-0.05, 0) is 36.6 Å². The summed E-state index contributed by atoms with van der Waals surface area (Å²) in [6.07, 6.45) is 2.73. The Bertz CT molecular complexity index is 936. The topological polar surface area (TPSA) is 60.2 Å². The van der Waals surface area contributed by atoms with Gasteiger partial charge in [-0.1, -0.05) is 48.0 Å². The van der Waals surface area contributed by atoms with Crippen LogP contribution in [0.2, 0.25) is 5.02 Å². The number of nitrogens with zero attached hydrogens (tertiary/aromatic N) is 1. The molecule has 0 amide bonds. The van der Waals surface area contributed by atoms with Gasteiger partial charge in [0.1, 0.15) is 6.26 Å². The highest BCUT2D eigenvalue weighted by atomic mass is 35.5. The van der Waals surface area contributed by atoms with Crippen molar-refractivity contribution in [3.05, 3.63) is 77.1 Å². The molecule has 0 spiro atoms. The van der Waals surface area contributed by atoms with Crippen molar-refractivity contribution in [2.75, 3.05) is 5.75 Å². The predicted octanol–water partition coefficient (Wildman–Crippen LogP) is 4.54. The molecule has 0 aliphatic carbocycles. The quantitative estimate of drug-likeness (QED) is 0.608. The molecule has 0 N–H and O–H groups in total. The van der Waals surface area contributed by atoms with E-state index in [0.717, 1.165) is 17.5 Å². The molecule has 0 aliphatic heterocycles. The normalized spacial score (nSPS) is 11.6. The second-order valence-corrected chi connectivity index (χ2v) is 8.46. The maximum atomic E-state index is 12.3. The van der Waals surface area contributed by atoms with Gasteiger partial charge in [0.05, 0.1) is 17.2 Å². The van der Waals surface area contributed by atoms with Crippen molar-refractivity contribution in [3.63, 3.8) is 0 Å². The Hall–Kier alpha value is -2.11. The number of aryl methyl sites for hydroxylation is 1. The smallest absolute Gasteiger partial charge is 0.226 e. The molecule has 1 aromatic heterocycles. The number of benzene rings is 2. The fourth-order valence-electron chi connectivity index (χ4n) is 2.57. The Labute approximate surface area is 152 Å². The van der Waals surface area contributed by atoms with Gasteiger partial charge in [0.15, 0.2) is 9.84 Å². The van der Waals surface area contributed by atoms with E-state index < -0.39 is 9.84 Å². The molecule has 4 nitrogen and oxygen atoms in total. The van der Waals surface area contributed by atoms with Crippen LogP contribution in [-0.2, 0) is 22.0 Å². The van der Waals surface area contributed by atoms with Gasteiger partial charge in [-0.15, -0.1) is 0 Å². The number of rotatable bonds is 7. The van der Waals surface area contributed by atoms with Gasteiger partial charge in [-0.25, -0.2) is 13.4 Å². The van der Waals surface area contributed by atoms with Crippen LogP contribution in [0.4, 0.5) is 0 Å². The molecule has 130 valence electrons. The second kappa shape index (κ2) is 7.85. The molecule has 3 rings (SSSR count). The lowest BCUT2D eigenvalue weighted by atomic mass is 10.1. The maximum Gasteiger partial charge on any atom is 0.226 e. The molecule has 0 fully saturated rings. The lowest BCUT2D eigenvalue weighted by molar-refractivity contribution is 0.571. The largest absolute Gasteiger partial charge is 0.444 e. The monoisotopic (exact) mass is 375 g/mol. The number of oxazole rings is 1. The molecule has 2 aromatic carbocycles. The van der Waals surface area contributed by atoms with Crippen LogP contribution in [0.1, 0.15) is 17.7 Å². The van der Waals surface area contributed by atoms with Gasteiger partial charge < -0.3 is 4.42 Å².